The third kappa shape index (κ3) is 23.1. The van der Waals surface area contributed by atoms with Gasteiger partial charge in [-0.25, -0.2) is 4.79 Å². The Morgan fingerprint density at radius 3 is 1.40 bits per heavy atom. The Balaban J connectivity index is 3.87. The molecule has 10 heteroatoms. The lowest BCUT2D eigenvalue weighted by Crippen LogP contribution is -2.41. The SMILES string of the molecule is CC(=O)CCC(CC(=O)CC[C@H](NC(=O)CCCCCCCCCCCCCCCCC(=O)O)C(=O)O)C(=O)O. The predicted octanol–water partition coefficient (Wildman–Crippen LogP) is 5.69. The maximum atomic E-state index is 12.2. The van der Waals surface area contributed by atoms with Crippen molar-refractivity contribution in [1.82, 2.24) is 5.32 Å². The zero-order valence-corrected chi connectivity index (χ0v) is 24.3. The zero-order valence-electron chi connectivity index (χ0n) is 24.3. The molecule has 0 rings (SSSR count). The second-order valence-corrected chi connectivity index (χ2v) is 10.9. The van der Waals surface area contributed by atoms with Gasteiger partial charge in [-0.1, -0.05) is 77.0 Å². The van der Waals surface area contributed by atoms with Gasteiger partial charge in [-0.2, -0.15) is 0 Å². The summed E-state index contributed by atoms with van der Waals surface area (Å²) in [7, 11) is 0. The first-order valence-corrected chi connectivity index (χ1v) is 15.0. The summed E-state index contributed by atoms with van der Waals surface area (Å²) in [6.07, 6.45) is 15.1. The number of carbonyl (C=O) groups excluding carboxylic acids is 3. The molecule has 4 N–H and O–H groups in total. The lowest BCUT2D eigenvalue weighted by Gasteiger charge is -2.15. The minimum absolute atomic E-state index is 0.0649. The highest BCUT2D eigenvalue weighted by Crippen LogP contribution is 2.16. The summed E-state index contributed by atoms with van der Waals surface area (Å²) in [6.45, 7) is 1.35. The molecule has 0 bridgehead atoms. The molecule has 0 aliphatic rings. The average molecular weight is 570 g/mol. The van der Waals surface area contributed by atoms with Crippen molar-refractivity contribution < 1.29 is 44.1 Å². The lowest BCUT2D eigenvalue weighted by molar-refractivity contribution is -0.145. The molecule has 40 heavy (non-hydrogen) atoms. The van der Waals surface area contributed by atoms with Gasteiger partial charge in [0.2, 0.25) is 5.91 Å². The first-order chi connectivity index (χ1) is 19.0. The van der Waals surface area contributed by atoms with E-state index in [1.54, 1.807) is 0 Å². The predicted molar refractivity (Wildman–Crippen MR) is 151 cm³/mol. The van der Waals surface area contributed by atoms with E-state index in [0.717, 1.165) is 44.9 Å². The molecular formula is C30H51NO9. The lowest BCUT2D eigenvalue weighted by atomic mass is 9.94. The van der Waals surface area contributed by atoms with Crippen molar-refractivity contribution >= 4 is 35.4 Å². The topological polar surface area (TPSA) is 175 Å². The summed E-state index contributed by atoms with van der Waals surface area (Å²) in [5, 5.41) is 29.7. The molecule has 0 radical (unpaired) electrons. The normalized spacial score (nSPS) is 12.4. The summed E-state index contributed by atoms with van der Waals surface area (Å²) < 4.78 is 0. The van der Waals surface area contributed by atoms with Crippen molar-refractivity contribution in [3.05, 3.63) is 0 Å². The van der Waals surface area contributed by atoms with Crippen molar-refractivity contribution in [2.45, 2.75) is 148 Å². The highest BCUT2D eigenvalue weighted by Gasteiger charge is 2.24. The fraction of sp³-hybridized carbons (Fsp3) is 0.800. The van der Waals surface area contributed by atoms with E-state index in [1.807, 2.05) is 0 Å². The maximum Gasteiger partial charge on any atom is 0.326 e. The van der Waals surface area contributed by atoms with E-state index in [1.165, 1.54) is 45.4 Å². The summed E-state index contributed by atoms with van der Waals surface area (Å²) in [5.41, 5.74) is 0. The Labute approximate surface area is 238 Å². The van der Waals surface area contributed by atoms with Gasteiger partial charge in [0.25, 0.3) is 0 Å². The minimum atomic E-state index is -1.23. The van der Waals surface area contributed by atoms with Gasteiger partial charge in [-0.3, -0.25) is 19.2 Å². The zero-order chi connectivity index (χ0) is 30.2. The summed E-state index contributed by atoms with van der Waals surface area (Å²) in [5.74, 6) is -5.01. The number of rotatable bonds is 28. The van der Waals surface area contributed by atoms with Crippen LogP contribution in [0.3, 0.4) is 0 Å². The number of carboxylic acid groups (broad SMARTS) is 3. The third-order valence-corrected chi connectivity index (χ3v) is 7.06. The molecule has 0 aromatic heterocycles. The highest BCUT2D eigenvalue weighted by molar-refractivity contribution is 5.86. The van der Waals surface area contributed by atoms with Gasteiger partial charge in [-0.15, -0.1) is 0 Å². The quantitative estimate of drug-likeness (QED) is 0.0862. The van der Waals surface area contributed by atoms with E-state index in [4.69, 9.17) is 5.11 Å². The Hall–Kier alpha value is -2.78. The summed E-state index contributed by atoms with van der Waals surface area (Å²) in [4.78, 5) is 68.7. The summed E-state index contributed by atoms with van der Waals surface area (Å²) in [6, 6.07) is -1.20. The smallest absolute Gasteiger partial charge is 0.326 e. The molecule has 2 atom stereocenters. The molecular weight excluding hydrogens is 518 g/mol. The molecule has 1 amide bonds. The van der Waals surface area contributed by atoms with Gasteiger partial charge in [0.1, 0.15) is 17.6 Å². The first kappa shape index (κ1) is 37.2. The fourth-order valence-electron chi connectivity index (χ4n) is 4.58. The van der Waals surface area contributed by atoms with Crippen molar-refractivity contribution in [3.63, 3.8) is 0 Å². The number of hydrogen-bond acceptors (Lipinski definition) is 6. The van der Waals surface area contributed by atoms with Crippen molar-refractivity contribution in [1.29, 1.82) is 0 Å². The molecule has 0 saturated heterocycles. The van der Waals surface area contributed by atoms with Gasteiger partial charge in [0.15, 0.2) is 0 Å². The molecule has 1 unspecified atom stereocenters. The maximum absolute atomic E-state index is 12.2. The first-order valence-electron chi connectivity index (χ1n) is 15.0. The molecule has 0 heterocycles. The van der Waals surface area contributed by atoms with Gasteiger partial charge >= 0.3 is 17.9 Å². The molecule has 0 fully saturated rings. The van der Waals surface area contributed by atoms with Crippen LogP contribution in [0.15, 0.2) is 0 Å². The second kappa shape index (κ2) is 24.1. The number of carbonyl (C=O) groups is 6. The molecule has 0 aliphatic heterocycles. The largest absolute Gasteiger partial charge is 0.481 e. The van der Waals surface area contributed by atoms with Crippen LogP contribution in [0.4, 0.5) is 0 Å². The molecule has 0 spiro atoms. The van der Waals surface area contributed by atoms with Gasteiger partial charge in [0.05, 0.1) is 5.92 Å². The fourth-order valence-corrected chi connectivity index (χ4v) is 4.58. The van der Waals surface area contributed by atoms with Crippen LogP contribution in [0.1, 0.15) is 142 Å². The van der Waals surface area contributed by atoms with Crippen LogP contribution >= 0.6 is 0 Å². The minimum Gasteiger partial charge on any atom is -0.481 e. The molecule has 230 valence electrons. The van der Waals surface area contributed by atoms with Crippen molar-refractivity contribution in [3.8, 4) is 0 Å². The molecule has 0 aromatic rings. The van der Waals surface area contributed by atoms with E-state index in [-0.39, 0.29) is 56.6 Å². The second-order valence-electron chi connectivity index (χ2n) is 10.9. The number of hydrogen-bond donors (Lipinski definition) is 4. The Bertz CT molecular complexity index is 781. The van der Waals surface area contributed by atoms with Crippen molar-refractivity contribution in [2.75, 3.05) is 0 Å². The Morgan fingerprint density at radius 2 is 1.00 bits per heavy atom. The standard InChI is InChI=1S/C30H51NO9/c1-23(32)18-19-24(29(37)38)22-25(33)20-21-26(30(39)40)31-27(34)16-14-12-10-8-6-4-2-3-5-7-9-11-13-15-17-28(35)36/h24,26H,2-22H2,1H3,(H,31,34)(H,35,36)(H,37,38)(H,39,40)/t24?,26-/m0/s1. The van der Waals surface area contributed by atoms with Crippen LogP contribution < -0.4 is 5.32 Å². The number of amides is 1. The molecule has 0 aliphatic carbocycles. The Morgan fingerprint density at radius 1 is 0.550 bits per heavy atom. The van der Waals surface area contributed by atoms with Gasteiger partial charge in [-0.05, 0) is 32.6 Å². The van der Waals surface area contributed by atoms with Crippen LogP contribution in [0.5, 0.6) is 0 Å². The van der Waals surface area contributed by atoms with E-state index in [0.29, 0.717) is 6.42 Å². The number of carboxylic acids is 3. The molecule has 0 saturated carbocycles. The molecule has 0 aromatic carbocycles. The number of unbranched alkanes of at least 4 members (excludes halogenated alkanes) is 13. The number of Topliss-reactive ketones (excluding diaryl/α,β-unsaturated/α-hetero) is 2. The van der Waals surface area contributed by atoms with Crippen LogP contribution in [-0.4, -0.2) is 56.7 Å². The van der Waals surface area contributed by atoms with E-state index in [2.05, 4.69) is 5.32 Å². The van der Waals surface area contributed by atoms with E-state index < -0.39 is 35.7 Å². The monoisotopic (exact) mass is 569 g/mol. The van der Waals surface area contributed by atoms with Crippen LogP contribution in [-0.2, 0) is 28.8 Å². The number of nitrogens with one attached hydrogen (secondary N) is 1. The van der Waals surface area contributed by atoms with Gasteiger partial charge in [0, 0.05) is 32.1 Å². The van der Waals surface area contributed by atoms with E-state index >= 15 is 0 Å². The number of ketones is 2. The highest BCUT2D eigenvalue weighted by atomic mass is 16.4. The average Bonchev–Trinajstić information content (AvgIpc) is 2.87. The molecule has 10 nitrogen and oxygen atoms in total. The Kier molecular flexibility index (Phi) is 22.4. The van der Waals surface area contributed by atoms with Crippen LogP contribution in [0, 0.1) is 5.92 Å². The summed E-state index contributed by atoms with van der Waals surface area (Å²) >= 11 is 0. The van der Waals surface area contributed by atoms with Crippen LogP contribution in [0.2, 0.25) is 0 Å². The number of aliphatic carboxylic acids is 3. The third-order valence-electron chi connectivity index (χ3n) is 7.06. The van der Waals surface area contributed by atoms with Crippen LogP contribution in [0.25, 0.3) is 0 Å². The van der Waals surface area contributed by atoms with Crippen molar-refractivity contribution in [2.24, 2.45) is 5.92 Å². The van der Waals surface area contributed by atoms with Gasteiger partial charge < -0.3 is 25.4 Å². The van der Waals surface area contributed by atoms with E-state index in [9.17, 15) is 39.0 Å².